The maximum Gasteiger partial charge on any atom is 0.160 e. The van der Waals surface area contributed by atoms with Gasteiger partial charge >= 0.3 is 0 Å². The molecule has 312 valence electrons. The highest BCUT2D eigenvalue weighted by atomic mass is 14.9. The largest absolute Gasteiger partial charge is 0.247 e. The first-order chi connectivity index (χ1) is 33.2. The van der Waals surface area contributed by atoms with Gasteiger partial charge in [-0.1, -0.05) is 218 Å². The van der Waals surface area contributed by atoms with Crippen molar-refractivity contribution in [1.29, 1.82) is 0 Å². The van der Waals surface area contributed by atoms with Gasteiger partial charge in [-0.25, -0.2) is 15.0 Å². The molecule has 0 saturated carbocycles. The van der Waals surface area contributed by atoms with Gasteiger partial charge in [-0.05, 0) is 91.4 Å². The molecular weight excluding hydrogens is 811 g/mol. The number of rotatable bonds is 7. The van der Waals surface area contributed by atoms with Crippen molar-refractivity contribution >= 4 is 32.6 Å². The zero-order chi connectivity index (χ0) is 44.3. The van der Waals surface area contributed by atoms with Crippen LogP contribution in [0.3, 0.4) is 0 Å². The molecule has 10 aromatic carbocycles. The van der Waals surface area contributed by atoms with E-state index < -0.39 is 5.41 Å². The number of para-hydroxylation sites is 2. The molecule has 3 nitrogen and oxygen atoms in total. The van der Waals surface area contributed by atoms with Crippen molar-refractivity contribution in [2.45, 2.75) is 5.41 Å². The van der Waals surface area contributed by atoms with Crippen LogP contribution in [-0.2, 0) is 5.41 Å². The first-order valence-corrected chi connectivity index (χ1v) is 22.9. The van der Waals surface area contributed by atoms with Crippen molar-refractivity contribution < 1.29 is 0 Å². The number of hydrogen-bond acceptors (Lipinski definition) is 3. The van der Waals surface area contributed by atoms with Crippen LogP contribution in [0.15, 0.2) is 249 Å². The Kier molecular flexibility index (Phi) is 9.07. The molecule has 1 aliphatic carbocycles. The molecule has 0 aliphatic heterocycles. The topological polar surface area (TPSA) is 38.7 Å². The lowest BCUT2D eigenvalue weighted by Crippen LogP contribution is -2.28. The van der Waals surface area contributed by atoms with Crippen molar-refractivity contribution in [3.63, 3.8) is 0 Å². The van der Waals surface area contributed by atoms with Gasteiger partial charge < -0.3 is 0 Å². The van der Waals surface area contributed by atoms with Crippen LogP contribution >= 0.6 is 0 Å². The molecule has 12 aromatic rings. The lowest BCUT2D eigenvalue weighted by molar-refractivity contribution is 0.769. The first-order valence-electron chi connectivity index (χ1n) is 22.9. The fraction of sp³-hybridized carbons (Fsp3) is 0.0156. The normalized spacial score (nSPS) is 12.6. The minimum Gasteiger partial charge on any atom is -0.247 e. The Bertz CT molecular complexity index is 3790. The Labute approximate surface area is 389 Å². The molecule has 2 aromatic heterocycles. The van der Waals surface area contributed by atoms with E-state index in [1.807, 2.05) is 12.1 Å². The predicted molar refractivity (Wildman–Crippen MR) is 277 cm³/mol. The molecule has 13 rings (SSSR count). The second-order valence-corrected chi connectivity index (χ2v) is 17.5. The Morgan fingerprint density at radius 1 is 0.254 bits per heavy atom. The van der Waals surface area contributed by atoms with Gasteiger partial charge in [0, 0.05) is 32.8 Å². The van der Waals surface area contributed by atoms with E-state index in [2.05, 4.69) is 237 Å². The maximum atomic E-state index is 5.46. The van der Waals surface area contributed by atoms with E-state index in [4.69, 9.17) is 15.0 Å². The molecule has 2 heterocycles. The van der Waals surface area contributed by atoms with E-state index in [-0.39, 0.29) is 0 Å². The summed E-state index contributed by atoms with van der Waals surface area (Å²) in [6.07, 6.45) is 0. The van der Waals surface area contributed by atoms with Crippen LogP contribution in [0.2, 0.25) is 0 Å². The predicted octanol–water partition coefficient (Wildman–Crippen LogP) is 16.0. The molecule has 3 heteroatoms. The third-order valence-corrected chi connectivity index (χ3v) is 13.8. The Hall–Kier alpha value is -8.79. The summed E-state index contributed by atoms with van der Waals surface area (Å²) in [5.41, 5.74) is 18.6. The zero-order valence-electron chi connectivity index (χ0n) is 36.5. The number of fused-ring (bicyclic) bond motifs is 7. The van der Waals surface area contributed by atoms with Crippen LogP contribution in [0.5, 0.6) is 0 Å². The molecule has 0 saturated heterocycles. The van der Waals surface area contributed by atoms with Gasteiger partial charge in [0.25, 0.3) is 0 Å². The molecule has 67 heavy (non-hydrogen) atoms. The van der Waals surface area contributed by atoms with Gasteiger partial charge in [-0.2, -0.15) is 0 Å². The van der Waals surface area contributed by atoms with Crippen LogP contribution in [-0.4, -0.2) is 15.0 Å². The number of pyridine rings is 1. The lowest BCUT2D eigenvalue weighted by Gasteiger charge is -2.34. The Morgan fingerprint density at radius 2 is 0.761 bits per heavy atom. The van der Waals surface area contributed by atoms with E-state index >= 15 is 0 Å². The van der Waals surface area contributed by atoms with Gasteiger partial charge in [0.05, 0.1) is 27.8 Å². The van der Waals surface area contributed by atoms with E-state index in [0.717, 1.165) is 72.0 Å². The molecule has 0 radical (unpaired) electrons. The summed E-state index contributed by atoms with van der Waals surface area (Å²) in [6, 6.07) is 89.4. The highest BCUT2D eigenvalue weighted by Gasteiger charge is 2.46. The number of nitrogens with zero attached hydrogens (tertiary/aromatic N) is 3. The minimum absolute atomic E-state index is 0.493. The standard InChI is InChI=1S/C64H41N3/c1-4-17-42(18-5-1)43-33-37-46(38-34-43)63-66-60-30-15-12-27-53(60)61(67-63)45-35-31-44(32-36-45)47-19-16-20-48(39-47)62-56-40-55-51-25-10-13-28-57(51)64(49-21-6-2-7-22-49,50-23-8-3-9-24-50)58(55)41-54(56)52-26-11-14-29-59(52)65-62/h1-41H. The fourth-order valence-corrected chi connectivity index (χ4v) is 10.6. The number of aromatic nitrogens is 3. The van der Waals surface area contributed by atoms with Gasteiger partial charge in [0.15, 0.2) is 5.82 Å². The third-order valence-electron chi connectivity index (χ3n) is 13.8. The van der Waals surface area contributed by atoms with E-state index in [1.165, 1.54) is 44.3 Å². The van der Waals surface area contributed by atoms with Gasteiger partial charge in [-0.15, -0.1) is 0 Å². The average Bonchev–Trinajstić information content (AvgIpc) is 3.70. The summed E-state index contributed by atoms with van der Waals surface area (Å²) >= 11 is 0. The van der Waals surface area contributed by atoms with Crippen molar-refractivity contribution in [1.82, 2.24) is 15.0 Å². The molecule has 1 aliphatic rings. The summed E-state index contributed by atoms with van der Waals surface area (Å²) in [7, 11) is 0. The van der Waals surface area contributed by atoms with Crippen LogP contribution in [0.4, 0.5) is 0 Å². The summed E-state index contributed by atoms with van der Waals surface area (Å²) in [5.74, 6) is 0.708. The summed E-state index contributed by atoms with van der Waals surface area (Å²) in [6.45, 7) is 0. The number of benzene rings is 10. The molecule has 0 atom stereocenters. The van der Waals surface area contributed by atoms with Crippen molar-refractivity contribution in [3.05, 3.63) is 271 Å². The monoisotopic (exact) mass is 851 g/mol. The second kappa shape index (κ2) is 15.7. The maximum absolute atomic E-state index is 5.46. The van der Waals surface area contributed by atoms with Crippen molar-refractivity contribution in [3.8, 4) is 67.3 Å². The SMILES string of the molecule is c1ccc(-c2ccc(-c3nc(-c4ccc(-c5cccc(-c6nc7ccccc7c7cc8c(cc67)-c6ccccc6C8(c6ccccc6)c6ccccc6)c5)cc4)c4ccccc4n3)cc2)cc1. The fourth-order valence-electron chi connectivity index (χ4n) is 10.6. The molecule has 0 bridgehead atoms. The smallest absolute Gasteiger partial charge is 0.160 e. The zero-order valence-corrected chi connectivity index (χ0v) is 36.5. The highest BCUT2D eigenvalue weighted by molar-refractivity contribution is 6.13. The molecule has 0 N–H and O–H groups in total. The van der Waals surface area contributed by atoms with Crippen LogP contribution < -0.4 is 0 Å². The summed E-state index contributed by atoms with van der Waals surface area (Å²) < 4.78 is 0. The number of hydrogen-bond donors (Lipinski definition) is 0. The van der Waals surface area contributed by atoms with Gasteiger partial charge in [-0.3, -0.25) is 0 Å². The van der Waals surface area contributed by atoms with E-state index in [0.29, 0.717) is 5.82 Å². The first kappa shape index (κ1) is 38.6. The molecule has 0 amide bonds. The average molecular weight is 852 g/mol. The Morgan fingerprint density at radius 3 is 1.48 bits per heavy atom. The highest BCUT2D eigenvalue weighted by Crippen LogP contribution is 2.57. The van der Waals surface area contributed by atoms with Crippen molar-refractivity contribution in [2.75, 3.05) is 0 Å². The molecule has 0 unspecified atom stereocenters. The third kappa shape index (κ3) is 6.31. The lowest BCUT2D eigenvalue weighted by atomic mass is 9.67. The Balaban J connectivity index is 0.924. The van der Waals surface area contributed by atoms with Gasteiger partial charge in [0.1, 0.15) is 0 Å². The minimum atomic E-state index is -0.493. The second-order valence-electron chi connectivity index (χ2n) is 17.5. The van der Waals surface area contributed by atoms with Crippen LogP contribution in [0.25, 0.3) is 99.9 Å². The quantitative estimate of drug-likeness (QED) is 0.150. The van der Waals surface area contributed by atoms with Crippen LogP contribution in [0, 0.1) is 0 Å². The molecule has 0 spiro atoms. The van der Waals surface area contributed by atoms with Gasteiger partial charge in [0.2, 0.25) is 0 Å². The van der Waals surface area contributed by atoms with E-state index in [9.17, 15) is 0 Å². The molecular formula is C64H41N3. The summed E-state index contributed by atoms with van der Waals surface area (Å²) in [4.78, 5) is 15.7. The van der Waals surface area contributed by atoms with Crippen LogP contribution in [0.1, 0.15) is 22.3 Å². The van der Waals surface area contributed by atoms with E-state index in [1.54, 1.807) is 0 Å². The molecule has 0 fully saturated rings. The summed E-state index contributed by atoms with van der Waals surface area (Å²) in [5, 5.41) is 4.50. The van der Waals surface area contributed by atoms with Crippen molar-refractivity contribution in [2.24, 2.45) is 0 Å².